The highest BCUT2D eigenvalue weighted by Gasteiger charge is 2.23. The van der Waals surface area contributed by atoms with Crippen molar-refractivity contribution < 1.29 is 4.39 Å². The van der Waals surface area contributed by atoms with E-state index in [0.717, 1.165) is 31.5 Å². The summed E-state index contributed by atoms with van der Waals surface area (Å²) in [6.45, 7) is 1.85. The van der Waals surface area contributed by atoms with E-state index < -0.39 is 6.17 Å². The Labute approximate surface area is 95.3 Å². The van der Waals surface area contributed by atoms with Crippen LogP contribution in [0.4, 0.5) is 10.1 Å². The number of pyridine rings is 1. The van der Waals surface area contributed by atoms with Crippen LogP contribution in [0, 0.1) is 5.92 Å². The zero-order valence-corrected chi connectivity index (χ0v) is 9.32. The third-order valence-electron chi connectivity index (χ3n) is 3.25. The highest BCUT2D eigenvalue weighted by molar-refractivity contribution is 5.44. The molecule has 0 amide bonds. The van der Waals surface area contributed by atoms with Crippen LogP contribution in [0.25, 0.3) is 0 Å². The number of alkyl halides is 1. The van der Waals surface area contributed by atoms with Crippen LogP contribution in [-0.2, 0) is 6.42 Å². The van der Waals surface area contributed by atoms with Gasteiger partial charge < -0.3 is 11.1 Å². The number of hydrogen-bond acceptors (Lipinski definition) is 3. The number of halogens is 1. The number of rotatable bonds is 3. The monoisotopic (exact) mass is 223 g/mol. The van der Waals surface area contributed by atoms with E-state index in [1.165, 1.54) is 0 Å². The molecule has 1 atom stereocenters. The second-order valence-corrected chi connectivity index (χ2v) is 4.38. The van der Waals surface area contributed by atoms with E-state index in [0.29, 0.717) is 12.1 Å². The van der Waals surface area contributed by atoms with E-state index in [9.17, 15) is 4.39 Å². The van der Waals surface area contributed by atoms with Crippen LogP contribution < -0.4 is 11.1 Å². The van der Waals surface area contributed by atoms with Crippen LogP contribution >= 0.6 is 0 Å². The first-order chi connectivity index (χ1) is 7.77. The topological polar surface area (TPSA) is 50.9 Å². The molecule has 1 saturated heterocycles. The van der Waals surface area contributed by atoms with Crippen molar-refractivity contribution in [2.24, 2.45) is 5.92 Å². The highest BCUT2D eigenvalue weighted by Crippen LogP contribution is 2.23. The standard InChI is InChI=1S/C12H18FN3/c13-11(9-1-4-15-5-2-9)7-10-8-16-6-3-12(10)14/h3,6,8-9,11,15H,1-2,4-5,7H2,(H2,14,16). The maximum absolute atomic E-state index is 14.0. The van der Waals surface area contributed by atoms with Gasteiger partial charge in [-0.25, -0.2) is 4.39 Å². The van der Waals surface area contributed by atoms with Gasteiger partial charge in [0.2, 0.25) is 0 Å². The molecular formula is C12H18FN3. The molecule has 4 heteroatoms. The molecule has 1 fully saturated rings. The lowest BCUT2D eigenvalue weighted by atomic mass is 9.90. The summed E-state index contributed by atoms with van der Waals surface area (Å²) in [5.41, 5.74) is 7.25. The van der Waals surface area contributed by atoms with Crippen LogP contribution in [0.3, 0.4) is 0 Å². The first-order valence-electron chi connectivity index (χ1n) is 5.80. The van der Waals surface area contributed by atoms with Gasteiger partial charge in [0, 0.05) is 24.5 Å². The minimum Gasteiger partial charge on any atom is -0.398 e. The summed E-state index contributed by atoms with van der Waals surface area (Å²) in [7, 11) is 0. The van der Waals surface area contributed by atoms with Gasteiger partial charge in [0.05, 0.1) is 0 Å². The molecule has 0 saturated carbocycles. The zero-order valence-electron chi connectivity index (χ0n) is 9.32. The van der Waals surface area contributed by atoms with Crippen molar-refractivity contribution in [2.75, 3.05) is 18.8 Å². The lowest BCUT2D eigenvalue weighted by Crippen LogP contribution is -2.33. The van der Waals surface area contributed by atoms with Gasteiger partial charge in [-0.3, -0.25) is 4.98 Å². The van der Waals surface area contributed by atoms with Gasteiger partial charge in [-0.1, -0.05) is 0 Å². The molecule has 88 valence electrons. The highest BCUT2D eigenvalue weighted by atomic mass is 19.1. The first-order valence-corrected chi connectivity index (χ1v) is 5.80. The predicted octanol–water partition coefficient (Wildman–Crippen LogP) is 1.54. The molecule has 3 N–H and O–H groups in total. The van der Waals surface area contributed by atoms with Gasteiger partial charge in [0.15, 0.2) is 0 Å². The van der Waals surface area contributed by atoms with Crippen molar-refractivity contribution in [3.8, 4) is 0 Å². The summed E-state index contributed by atoms with van der Waals surface area (Å²) >= 11 is 0. The number of nitrogens with one attached hydrogen (secondary N) is 1. The van der Waals surface area contributed by atoms with Crippen LogP contribution in [-0.4, -0.2) is 24.2 Å². The van der Waals surface area contributed by atoms with Gasteiger partial charge in [0.25, 0.3) is 0 Å². The molecule has 0 spiro atoms. The second-order valence-electron chi connectivity index (χ2n) is 4.38. The zero-order chi connectivity index (χ0) is 11.4. The Bertz CT molecular complexity index is 337. The lowest BCUT2D eigenvalue weighted by Gasteiger charge is -2.25. The number of anilines is 1. The largest absolute Gasteiger partial charge is 0.398 e. The average Bonchev–Trinajstić information content (AvgIpc) is 2.33. The number of hydrogen-bond donors (Lipinski definition) is 2. The van der Waals surface area contributed by atoms with Gasteiger partial charge in [-0.2, -0.15) is 0 Å². The molecule has 1 unspecified atom stereocenters. The fourth-order valence-corrected chi connectivity index (χ4v) is 2.19. The number of aromatic nitrogens is 1. The van der Waals surface area contributed by atoms with Gasteiger partial charge in [-0.15, -0.1) is 0 Å². The minimum atomic E-state index is -0.798. The Hall–Kier alpha value is -1.16. The number of nitrogens with two attached hydrogens (primary N) is 1. The molecule has 0 aromatic carbocycles. The summed E-state index contributed by atoms with van der Waals surface area (Å²) in [5.74, 6) is 0.167. The van der Waals surface area contributed by atoms with E-state index >= 15 is 0 Å². The SMILES string of the molecule is Nc1ccncc1CC(F)C1CCNCC1. The summed E-state index contributed by atoms with van der Waals surface area (Å²) in [4.78, 5) is 3.98. The van der Waals surface area contributed by atoms with Gasteiger partial charge in [0.1, 0.15) is 6.17 Å². The number of nitrogens with zero attached hydrogens (tertiary/aromatic N) is 1. The van der Waals surface area contributed by atoms with Gasteiger partial charge in [-0.05, 0) is 43.5 Å². The molecule has 1 aliphatic heterocycles. The minimum absolute atomic E-state index is 0.167. The molecule has 0 aliphatic carbocycles. The average molecular weight is 223 g/mol. The summed E-state index contributed by atoms with van der Waals surface area (Å²) in [6, 6.07) is 1.73. The Morgan fingerprint density at radius 3 is 2.94 bits per heavy atom. The van der Waals surface area contributed by atoms with E-state index in [2.05, 4.69) is 10.3 Å². The molecule has 0 radical (unpaired) electrons. The van der Waals surface area contributed by atoms with Gasteiger partial charge >= 0.3 is 0 Å². The molecule has 1 aliphatic rings. The Morgan fingerprint density at radius 2 is 2.25 bits per heavy atom. The Morgan fingerprint density at radius 1 is 1.50 bits per heavy atom. The maximum atomic E-state index is 14.0. The van der Waals surface area contributed by atoms with Crippen molar-refractivity contribution in [1.82, 2.24) is 10.3 Å². The summed E-state index contributed by atoms with van der Waals surface area (Å²) in [5, 5.41) is 3.24. The molecular weight excluding hydrogens is 205 g/mol. The molecule has 0 bridgehead atoms. The molecule has 3 nitrogen and oxygen atoms in total. The quantitative estimate of drug-likeness (QED) is 0.817. The normalized spacial score (nSPS) is 19.6. The van der Waals surface area contributed by atoms with Crippen molar-refractivity contribution in [1.29, 1.82) is 0 Å². The molecule has 1 aromatic heterocycles. The molecule has 16 heavy (non-hydrogen) atoms. The first kappa shape index (κ1) is 11.3. The fourth-order valence-electron chi connectivity index (χ4n) is 2.19. The van der Waals surface area contributed by atoms with E-state index in [1.54, 1.807) is 18.5 Å². The summed E-state index contributed by atoms with van der Waals surface area (Å²) in [6.07, 6.45) is 4.74. The van der Waals surface area contributed by atoms with E-state index in [1.807, 2.05) is 0 Å². The fraction of sp³-hybridized carbons (Fsp3) is 0.583. The lowest BCUT2D eigenvalue weighted by molar-refractivity contribution is 0.187. The van der Waals surface area contributed by atoms with Crippen LogP contribution in [0.2, 0.25) is 0 Å². The van der Waals surface area contributed by atoms with Crippen LogP contribution in [0.15, 0.2) is 18.5 Å². The van der Waals surface area contributed by atoms with E-state index in [4.69, 9.17) is 5.73 Å². The molecule has 2 heterocycles. The van der Waals surface area contributed by atoms with Crippen molar-refractivity contribution >= 4 is 5.69 Å². The third kappa shape index (κ3) is 2.70. The Kier molecular flexibility index (Phi) is 3.72. The second kappa shape index (κ2) is 5.25. The predicted molar refractivity (Wildman–Crippen MR) is 62.8 cm³/mol. The Balaban J connectivity index is 1.96. The van der Waals surface area contributed by atoms with Crippen molar-refractivity contribution in [2.45, 2.75) is 25.4 Å². The van der Waals surface area contributed by atoms with Crippen molar-refractivity contribution in [3.05, 3.63) is 24.0 Å². The number of nitrogen functional groups attached to an aromatic ring is 1. The number of piperidine rings is 1. The molecule has 1 aromatic rings. The third-order valence-corrected chi connectivity index (χ3v) is 3.25. The molecule has 2 rings (SSSR count). The summed E-state index contributed by atoms with van der Waals surface area (Å²) < 4.78 is 14.0. The van der Waals surface area contributed by atoms with Crippen LogP contribution in [0.1, 0.15) is 18.4 Å². The van der Waals surface area contributed by atoms with Crippen molar-refractivity contribution in [3.63, 3.8) is 0 Å². The maximum Gasteiger partial charge on any atom is 0.107 e. The van der Waals surface area contributed by atoms with Crippen LogP contribution in [0.5, 0.6) is 0 Å². The smallest absolute Gasteiger partial charge is 0.107 e. The van der Waals surface area contributed by atoms with E-state index in [-0.39, 0.29) is 5.92 Å².